The molecular weight excluding hydrogens is 399 g/mol. The number of nitrogens with one attached hydrogen (secondary N) is 2. The summed E-state index contributed by atoms with van der Waals surface area (Å²) in [7, 11) is -3.77. The molecule has 1 heterocycles. The first kappa shape index (κ1) is 19.7. The number of hydrogen-bond acceptors (Lipinski definition) is 5. The zero-order valence-corrected chi connectivity index (χ0v) is 15.1. The zero-order chi connectivity index (χ0) is 20.5. The Hall–Kier alpha value is -3.08. The minimum absolute atomic E-state index is 0.0157. The van der Waals surface area contributed by atoms with Crippen molar-refractivity contribution < 1.29 is 31.1 Å². The number of para-hydroxylation sites is 2. The van der Waals surface area contributed by atoms with E-state index < -0.39 is 34.1 Å². The predicted octanol–water partition coefficient (Wildman–Crippen LogP) is 2.65. The molecule has 3 rings (SSSR count). The highest BCUT2D eigenvalue weighted by atomic mass is 32.2. The first-order valence-electron chi connectivity index (χ1n) is 7.92. The van der Waals surface area contributed by atoms with Crippen molar-refractivity contribution >= 4 is 27.5 Å². The molecule has 1 unspecified atom stereocenters. The van der Waals surface area contributed by atoms with Gasteiger partial charge < -0.3 is 10.1 Å². The lowest BCUT2D eigenvalue weighted by Crippen LogP contribution is -2.29. The number of carbonyl (C=O) groups is 1. The van der Waals surface area contributed by atoms with Crippen LogP contribution in [0.25, 0.3) is 0 Å². The van der Waals surface area contributed by atoms with Crippen molar-refractivity contribution in [3.63, 3.8) is 0 Å². The highest BCUT2D eigenvalue weighted by Gasteiger charge is 2.33. The van der Waals surface area contributed by atoms with Gasteiger partial charge in [0.25, 0.3) is 10.0 Å². The van der Waals surface area contributed by atoms with Crippen LogP contribution in [-0.2, 0) is 14.8 Å². The maximum atomic E-state index is 12.5. The van der Waals surface area contributed by atoms with Crippen LogP contribution in [0.4, 0.5) is 18.9 Å². The maximum absolute atomic E-state index is 12.5. The number of alkyl halides is 3. The second-order valence-corrected chi connectivity index (χ2v) is 7.44. The van der Waals surface area contributed by atoms with Crippen molar-refractivity contribution in [3.8, 4) is 5.75 Å². The molecule has 0 bridgehead atoms. The molecule has 1 aliphatic rings. The molecule has 0 fully saturated rings. The van der Waals surface area contributed by atoms with E-state index in [0.29, 0.717) is 5.56 Å². The van der Waals surface area contributed by atoms with Crippen molar-refractivity contribution in [1.29, 1.82) is 0 Å². The van der Waals surface area contributed by atoms with Gasteiger partial charge in [0.1, 0.15) is 11.9 Å². The summed E-state index contributed by atoms with van der Waals surface area (Å²) in [6, 6.07) is 10.1. The van der Waals surface area contributed by atoms with Gasteiger partial charge in [-0.3, -0.25) is 14.5 Å². The standard InChI is InChI=1S/C17H14F3N3O4S/c1-10(21-15-11-6-2-5-9-14(11)28(25,26)23-15)16(24)22-12-7-3-4-8-13(12)27-17(18,19)20/h2-10H,1H3,(H,21,23)(H,22,24). The van der Waals surface area contributed by atoms with Crippen LogP contribution in [0, 0.1) is 0 Å². The lowest BCUT2D eigenvalue weighted by atomic mass is 10.2. The van der Waals surface area contributed by atoms with Gasteiger partial charge in [-0.05, 0) is 31.2 Å². The van der Waals surface area contributed by atoms with Gasteiger partial charge in [-0.25, -0.2) is 8.42 Å². The Morgan fingerprint density at radius 1 is 1.14 bits per heavy atom. The van der Waals surface area contributed by atoms with Crippen molar-refractivity contribution in [1.82, 2.24) is 4.72 Å². The molecule has 1 aliphatic heterocycles. The molecule has 1 atom stereocenters. The number of rotatable bonds is 4. The molecule has 148 valence electrons. The number of hydrogen-bond donors (Lipinski definition) is 2. The fourth-order valence-corrected chi connectivity index (χ4v) is 3.74. The van der Waals surface area contributed by atoms with E-state index in [0.717, 1.165) is 6.07 Å². The van der Waals surface area contributed by atoms with E-state index in [1.165, 1.54) is 37.3 Å². The molecule has 0 saturated heterocycles. The van der Waals surface area contributed by atoms with Crippen LogP contribution in [0.15, 0.2) is 58.4 Å². The van der Waals surface area contributed by atoms with E-state index in [1.807, 2.05) is 0 Å². The average molecular weight is 413 g/mol. The summed E-state index contributed by atoms with van der Waals surface area (Å²) in [4.78, 5) is 16.5. The van der Waals surface area contributed by atoms with Crippen LogP contribution < -0.4 is 14.8 Å². The molecule has 0 spiro atoms. The van der Waals surface area contributed by atoms with Gasteiger partial charge in [0.15, 0.2) is 5.75 Å². The van der Waals surface area contributed by atoms with Crippen molar-refractivity contribution in [3.05, 3.63) is 54.1 Å². The Labute approximate surface area is 158 Å². The molecule has 2 aromatic carbocycles. The lowest BCUT2D eigenvalue weighted by Gasteiger charge is -2.15. The maximum Gasteiger partial charge on any atom is 0.573 e. The van der Waals surface area contributed by atoms with E-state index in [4.69, 9.17) is 0 Å². The van der Waals surface area contributed by atoms with Crippen LogP contribution in [0.5, 0.6) is 5.75 Å². The van der Waals surface area contributed by atoms with Gasteiger partial charge in [0, 0.05) is 5.56 Å². The smallest absolute Gasteiger partial charge is 0.404 e. The monoisotopic (exact) mass is 413 g/mol. The van der Waals surface area contributed by atoms with Gasteiger partial charge in [-0.1, -0.05) is 24.3 Å². The number of benzene rings is 2. The Morgan fingerprint density at radius 3 is 2.50 bits per heavy atom. The van der Waals surface area contributed by atoms with Crippen LogP contribution >= 0.6 is 0 Å². The average Bonchev–Trinajstić information content (AvgIpc) is 2.86. The molecular formula is C17H14F3N3O4S. The van der Waals surface area contributed by atoms with Crippen LogP contribution in [0.1, 0.15) is 12.5 Å². The molecule has 0 radical (unpaired) electrons. The largest absolute Gasteiger partial charge is 0.573 e. The number of amidine groups is 1. The first-order chi connectivity index (χ1) is 13.1. The Bertz CT molecular complexity index is 1050. The number of sulfonamides is 1. The van der Waals surface area contributed by atoms with Crippen LogP contribution in [0.2, 0.25) is 0 Å². The first-order valence-corrected chi connectivity index (χ1v) is 9.41. The van der Waals surface area contributed by atoms with Crippen molar-refractivity contribution in [2.75, 3.05) is 5.32 Å². The Kier molecular flexibility index (Phi) is 5.02. The van der Waals surface area contributed by atoms with Gasteiger partial charge in [0.05, 0.1) is 10.6 Å². The second kappa shape index (κ2) is 7.15. The summed E-state index contributed by atoms with van der Waals surface area (Å²) in [6.45, 7) is 1.38. The summed E-state index contributed by atoms with van der Waals surface area (Å²) in [5.74, 6) is -1.33. The lowest BCUT2D eigenvalue weighted by molar-refractivity contribution is -0.274. The Balaban J connectivity index is 1.81. The molecule has 11 heteroatoms. The third-order valence-electron chi connectivity index (χ3n) is 3.74. The normalized spacial score (nSPS) is 17.5. The Morgan fingerprint density at radius 2 is 1.79 bits per heavy atom. The molecule has 7 nitrogen and oxygen atoms in total. The van der Waals surface area contributed by atoms with Crippen molar-refractivity contribution in [2.24, 2.45) is 4.99 Å². The molecule has 0 aromatic heterocycles. The third kappa shape index (κ3) is 4.25. The summed E-state index contributed by atoms with van der Waals surface area (Å²) in [5.41, 5.74) is 0.118. The van der Waals surface area contributed by atoms with Crippen LogP contribution in [0.3, 0.4) is 0 Å². The van der Waals surface area contributed by atoms with E-state index in [1.54, 1.807) is 12.1 Å². The molecule has 28 heavy (non-hydrogen) atoms. The quantitative estimate of drug-likeness (QED) is 0.805. The number of aliphatic imine (C=N–C) groups is 1. The van der Waals surface area contributed by atoms with Gasteiger partial charge in [-0.2, -0.15) is 0 Å². The van der Waals surface area contributed by atoms with Gasteiger partial charge in [0.2, 0.25) is 5.91 Å². The minimum Gasteiger partial charge on any atom is -0.404 e. The zero-order valence-electron chi connectivity index (χ0n) is 14.3. The number of halogens is 3. The topological polar surface area (TPSA) is 96.9 Å². The summed E-state index contributed by atoms with van der Waals surface area (Å²) in [5, 5.41) is 2.30. The highest BCUT2D eigenvalue weighted by Crippen LogP contribution is 2.30. The summed E-state index contributed by atoms with van der Waals surface area (Å²) < 4.78 is 67.7. The van der Waals surface area contributed by atoms with Gasteiger partial charge >= 0.3 is 6.36 Å². The fraction of sp³-hybridized carbons (Fsp3) is 0.176. The predicted molar refractivity (Wildman–Crippen MR) is 94.5 cm³/mol. The summed E-state index contributed by atoms with van der Waals surface area (Å²) in [6.07, 6.45) is -4.92. The third-order valence-corrected chi connectivity index (χ3v) is 5.13. The summed E-state index contributed by atoms with van der Waals surface area (Å²) >= 11 is 0. The SMILES string of the molecule is CC(N=C1NS(=O)(=O)c2ccccc21)C(=O)Nc1ccccc1OC(F)(F)F. The van der Waals surface area contributed by atoms with Gasteiger partial charge in [-0.15, -0.1) is 13.2 Å². The number of anilines is 1. The van der Waals surface area contributed by atoms with E-state index in [2.05, 4.69) is 19.8 Å². The molecule has 2 N–H and O–H groups in total. The van der Waals surface area contributed by atoms with E-state index in [-0.39, 0.29) is 16.4 Å². The molecule has 0 aliphatic carbocycles. The molecule has 2 aromatic rings. The number of fused-ring (bicyclic) bond motifs is 1. The van der Waals surface area contributed by atoms with E-state index >= 15 is 0 Å². The molecule has 0 saturated carbocycles. The minimum atomic E-state index is -4.92. The number of carbonyl (C=O) groups excluding carboxylic acids is 1. The molecule has 1 amide bonds. The van der Waals surface area contributed by atoms with Crippen molar-refractivity contribution in [2.45, 2.75) is 24.2 Å². The fourth-order valence-electron chi connectivity index (χ4n) is 2.50. The second-order valence-electron chi connectivity index (χ2n) is 5.79. The highest BCUT2D eigenvalue weighted by molar-refractivity contribution is 7.90. The van der Waals surface area contributed by atoms with Crippen LogP contribution in [-0.4, -0.2) is 32.6 Å². The number of amides is 1. The number of ether oxygens (including phenoxy) is 1. The number of nitrogens with zero attached hydrogens (tertiary/aromatic N) is 1. The van der Waals surface area contributed by atoms with E-state index in [9.17, 15) is 26.4 Å².